The van der Waals surface area contributed by atoms with Gasteiger partial charge in [-0.3, -0.25) is 4.79 Å². The number of hydrogen-bond donors (Lipinski definition) is 0. The normalized spacial score (nSPS) is 16.6. The van der Waals surface area contributed by atoms with Crippen LogP contribution in [0.15, 0.2) is 58.1 Å². The van der Waals surface area contributed by atoms with Gasteiger partial charge in [-0.05, 0) is 49.6 Å². The number of rotatable bonds is 11. The van der Waals surface area contributed by atoms with Crippen molar-refractivity contribution >= 4 is 10.9 Å². The Morgan fingerprint density at radius 2 is 1.97 bits per heavy atom. The summed E-state index contributed by atoms with van der Waals surface area (Å²) >= 11 is 0. The number of aryl methyl sites for hydroxylation is 1. The summed E-state index contributed by atoms with van der Waals surface area (Å²) in [6.45, 7) is 2.50. The van der Waals surface area contributed by atoms with E-state index in [0.29, 0.717) is 12.4 Å². The number of aromatic nitrogens is 1. The van der Waals surface area contributed by atoms with Crippen LogP contribution >= 0.6 is 0 Å². The molecule has 1 saturated heterocycles. The van der Waals surface area contributed by atoms with Gasteiger partial charge in [0.2, 0.25) is 11.2 Å². The Labute approximate surface area is 182 Å². The van der Waals surface area contributed by atoms with Crippen LogP contribution < -0.4 is 10.2 Å². The molecule has 1 unspecified atom stereocenters. The van der Waals surface area contributed by atoms with E-state index in [2.05, 4.69) is 41.1 Å². The van der Waals surface area contributed by atoms with Gasteiger partial charge in [0, 0.05) is 30.9 Å². The third-order valence-corrected chi connectivity index (χ3v) is 5.63. The minimum absolute atomic E-state index is 0.172. The van der Waals surface area contributed by atoms with Crippen molar-refractivity contribution in [3.8, 4) is 5.75 Å². The molecule has 6 nitrogen and oxygen atoms in total. The molecule has 3 aromatic rings. The van der Waals surface area contributed by atoms with Gasteiger partial charge < -0.3 is 23.2 Å². The molecule has 6 heteroatoms. The van der Waals surface area contributed by atoms with Crippen LogP contribution in [0.4, 0.5) is 0 Å². The van der Waals surface area contributed by atoms with E-state index < -0.39 is 0 Å². The number of ether oxygens (including phenoxy) is 3. The van der Waals surface area contributed by atoms with Gasteiger partial charge in [-0.2, -0.15) is 0 Å². The van der Waals surface area contributed by atoms with Gasteiger partial charge in [-0.15, -0.1) is 0 Å². The molecule has 0 amide bonds. The zero-order valence-electron chi connectivity index (χ0n) is 18.0. The molecule has 1 fully saturated rings. The van der Waals surface area contributed by atoms with Crippen LogP contribution in [0.3, 0.4) is 0 Å². The smallest absolute Gasteiger partial charge is 0.227 e. The van der Waals surface area contributed by atoms with E-state index in [1.54, 1.807) is 0 Å². The maximum atomic E-state index is 12.2. The van der Waals surface area contributed by atoms with Crippen molar-refractivity contribution in [1.82, 2.24) is 4.57 Å². The summed E-state index contributed by atoms with van der Waals surface area (Å²) in [7, 11) is 0. The van der Waals surface area contributed by atoms with E-state index in [4.69, 9.17) is 18.6 Å². The fourth-order valence-corrected chi connectivity index (χ4v) is 3.89. The maximum absolute atomic E-state index is 12.2. The van der Waals surface area contributed by atoms with Crippen molar-refractivity contribution in [3.05, 3.63) is 64.8 Å². The Balaban J connectivity index is 1.11. The first-order valence-electron chi connectivity index (χ1n) is 11.3. The number of benzene rings is 1. The zero-order valence-corrected chi connectivity index (χ0v) is 18.0. The summed E-state index contributed by atoms with van der Waals surface area (Å²) in [6, 6.07) is 12.1. The molecule has 1 aliphatic heterocycles. The van der Waals surface area contributed by atoms with Gasteiger partial charge in [-0.25, -0.2) is 0 Å². The van der Waals surface area contributed by atoms with E-state index in [0.717, 1.165) is 58.1 Å². The molecular formula is C25H31NO5. The van der Waals surface area contributed by atoms with Gasteiger partial charge in [-0.1, -0.05) is 31.0 Å². The van der Waals surface area contributed by atoms with Gasteiger partial charge in [0.05, 0.1) is 6.61 Å². The first-order chi connectivity index (χ1) is 15.3. The molecule has 31 heavy (non-hydrogen) atoms. The third-order valence-electron chi connectivity index (χ3n) is 5.63. The Hall–Kier alpha value is -2.57. The Morgan fingerprint density at radius 3 is 2.84 bits per heavy atom. The highest BCUT2D eigenvalue weighted by Crippen LogP contribution is 2.17. The van der Waals surface area contributed by atoms with Crippen LogP contribution in [-0.2, 0) is 22.6 Å². The van der Waals surface area contributed by atoms with E-state index in [9.17, 15) is 4.79 Å². The second-order valence-corrected chi connectivity index (χ2v) is 8.01. The molecule has 1 atom stereocenters. The SMILES string of the molecule is O=c1cc(COC2CCCCO2)occ1OCCCCCCn1ccc2ccccc21. The predicted octanol–water partition coefficient (Wildman–Crippen LogP) is 5.28. The molecule has 0 radical (unpaired) electrons. The summed E-state index contributed by atoms with van der Waals surface area (Å²) < 4.78 is 24.6. The van der Waals surface area contributed by atoms with Crippen molar-refractivity contribution in [2.24, 2.45) is 0 Å². The lowest BCUT2D eigenvalue weighted by Crippen LogP contribution is -2.22. The molecule has 3 heterocycles. The van der Waals surface area contributed by atoms with E-state index >= 15 is 0 Å². The van der Waals surface area contributed by atoms with Crippen molar-refractivity contribution in [2.45, 2.75) is 64.4 Å². The first kappa shape index (κ1) is 21.7. The second kappa shape index (κ2) is 11.2. The standard InChI is InChI=1S/C25H31NO5/c27-23-17-21(18-31-25-11-5-8-16-29-25)30-19-24(23)28-15-7-2-1-6-13-26-14-12-20-9-3-4-10-22(20)26/h3-4,9-10,12,14,17,19,25H,1-2,5-8,11,13,15-16,18H2. The molecule has 0 saturated carbocycles. The lowest BCUT2D eigenvalue weighted by Gasteiger charge is -2.22. The number of para-hydroxylation sites is 1. The quantitative estimate of drug-likeness (QED) is 0.391. The first-order valence-corrected chi connectivity index (χ1v) is 11.3. The Bertz CT molecular complexity index is 1000. The molecule has 2 aromatic heterocycles. The molecule has 1 aliphatic rings. The highest BCUT2D eigenvalue weighted by molar-refractivity contribution is 5.79. The molecule has 0 aliphatic carbocycles. The van der Waals surface area contributed by atoms with Gasteiger partial charge in [0.15, 0.2) is 6.29 Å². The molecular weight excluding hydrogens is 394 g/mol. The Morgan fingerprint density at radius 1 is 1.06 bits per heavy atom. The third kappa shape index (κ3) is 6.21. The minimum Gasteiger partial charge on any atom is -0.487 e. The lowest BCUT2D eigenvalue weighted by atomic mass is 10.2. The number of nitrogens with zero attached hydrogens (tertiary/aromatic N) is 1. The monoisotopic (exact) mass is 425 g/mol. The Kier molecular flexibility index (Phi) is 7.80. The fourth-order valence-electron chi connectivity index (χ4n) is 3.89. The molecule has 0 spiro atoms. The number of unbranched alkanes of at least 4 members (excludes halogenated alkanes) is 3. The summed E-state index contributed by atoms with van der Waals surface area (Å²) in [5, 5.41) is 1.29. The van der Waals surface area contributed by atoms with Crippen LogP contribution in [0.25, 0.3) is 10.9 Å². The predicted molar refractivity (Wildman–Crippen MR) is 119 cm³/mol. The van der Waals surface area contributed by atoms with E-state index in [1.807, 2.05) is 0 Å². The van der Waals surface area contributed by atoms with Gasteiger partial charge in [0.1, 0.15) is 18.6 Å². The molecule has 1 aromatic carbocycles. The molecule has 0 N–H and O–H groups in total. The number of fused-ring (bicyclic) bond motifs is 1. The van der Waals surface area contributed by atoms with Crippen LogP contribution in [0.1, 0.15) is 50.7 Å². The highest BCUT2D eigenvalue weighted by Gasteiger charge is 2.15. The molecule has 0 bridgehead atoms. The average Bonchev–Trinajstić information content (AvgIpc) is 3.22. The van der Waals surface area contributed by atoms with Crippen molar-refractivity contribution in [2.75, 3.05) is 13.2 Å². The van der Waals surface area contributed by atoms with Crippen LogP contribution in [0.2, 0.25) is 0 Å². The largest absolute Gasteiger partial charge is 0.487 e. The summed E-state index contributed by atoms with van der Waals surface area (Å²) in [5.41, 5.74) is 1.12. The van der Waals surface area contributed by atoms with Gasteiger partial charge >= 0.3 is 0 Å². The fraction of sp³-hybridized carbons (Fsp3) is 0.480. The van der Waals surface area contributed by atoms with Crippen LogP contribution in [0.5, 0.6) is 5.75 Å². The molecule has 4 rings (SSSR count). The maximum Gasteiger partial charge on any atom is 0.227 e. The topological polar surface area (TPSA) is 62.8 Å². The summed E-state index contributed by atoms with van der Waals surface area (Å²) in [6.07, 6.45) is 10.6. The van der Waals surface area contributed by atoms with Crippen LogP contribution in [0, 0.1) is 0 Å². The second-order valence-electron chi connectivity index (χ2n) is 8.01. The van der Waals surface area contributed by atoms with Crippen molar-refractivity contribution in [1.29, 1.82) is 0 Å². The summed E-state index contributed by atoms with van der Waals surface area (Å²) in [5.74, 6) is 0.750. The zero-order chi connectivity index (χ0) is 21.3. The van der Waals surface area contributed by atoms with Gasteiger partial charge in [0.25, 0.3) is 0 Å². The highest BCUT2D eigenvalue weighted by atomic mass is 16.7. The lowest BCUT2D eigenvalue weighted by molar-refractivity contribution is -0.171. The minimum atomic E-state index is -0.203. The van der Waals surface area contributed by atoms with Crippen molar-refractivity contribution in [3.63, 3.8) is 0 Å². The van der Waals surface area contributed by atoms with Crippen LogP contribution in [-0.4, -0.2) is 24.1 Å². The van der Waals surface area contributed by atoms with Crippen molar-refractivity contribution < 1.29 is 18.6 Å². The number of hydrogen-bond acceptors (Lipinski definition) is 5. The van der Waals surface area contributed by atoms with E-state index in [-0.39, 0.29) is 24.1 Å². The average molecular weight is 426 g/mol. The molecule has 166 valence electrons. The van der Waals surface area contributed by atoms with E-state index in [1.165, 1.54) is 23.2 Å². The summed E-state index contributed by atoms with van der Waals surface area (Å²) in [4.78, 5) is 12.2.